The highest BCUT2D eigenvalue weighted by Crippen LogP contribution is 2.19. The Morgan fingerprint density at radius 2 is 1.76 bits per heavy atom. The van der Waals surface area contributed by atoms with Crippen molar-refractivity contribution in [3.8, 4) is 5.69 Å². The molecule has 1 heterocycles. The summed E-state index contributed by atoms with van der Waals surface area (Å²) in [6, 6.07) is 10.6. The van der Waals surface area contributed by atoms with Gasteiger partial charge >= 0.3 is 5.97 Å². The van der Waals surface area contributed by atoms with E-state index >= 15 is 0 Å². The number of hydrogen-bond donors (Lipinski definition) is 1. The monoisotopic (exact) mass is 282 g/mol. The van der Waals surface area contributed by atoms with Crippen LogP contribution in [0, 0.1) is 6.92 Å². The van der Waals surface area contributed by atoms with E-state index in [9.17, 15) is 4.79 Å². The summed E-state index contributed by atoms with van der Waals surface area (Å²) in [4.78, 5) is 12.9. The molecule has 0 amide bonds. The molecule has 6 nitrogen and oxygen atoms in total. The summed E-state index contributed by atoms with van der Waals surface area (Å²) in [6.07, 6.45) is 0. The summed E-state index contributed by atoms with van der Waals surface area (Å²) in [6.45, 7) is 1.93. The van der Waals surface area contributed by atoms with E-state index in [0.717, 1.165) is 22.3 Å². The van der Waals surface area contributed by atoms with Crippen molar-refractivity contribution < 1.29 is 9.53 Å². The highest BCUT2D eigenvalue weighted by Gasteiger charge is 2.09. The average molecular weight is 282 g/mol. The smallest absolute Gasteiger partial charge is 0.337 e. The standard InChI is InChI=1S/C15H14N4O2/c1-9-7-13-14(8-12(9)16)18-19(17-13)11-5-3-10(4-6-11)15(20)21-2/h3-8H,16H2,1-2H3. The predicted molar refractivity (Wildman–Crippen MR) is 79.4 cm³/mol. The lowest BCUT2D eigenvalue weighted by atomic mass is 10.2. The number of rotatable bonds is 2. The van der Waals surface area contributed by atoms with Crippen molar-refractivity contribution in [3.05, 3.63) is 47.5 Å². The van der Waals surface area contributed by atoms with E-state index in [1.165, 1.54) is 11.9 Å². The molecule has 1 aromatic heterocycles. The van der Waals surface area contributed by atoms with Crippen molar-refractivity contribution in [2.45, 2.75) is 6.92 Å². The third kappa shape index (κ3) is 2.31. The van der Waals surface area contributed by atoms with E-state index in [4.69, 9.17) is 5.73 Å². The Morgan fingerprint density at radius 3 is 2.38 bits per heavy atom. The molecule has 0 fully saturated rings. The minimum Gasteiger partial charge on any atom is -0.465 e. The number of aromatic nitrogens is 3. The largest absolute Gasteiger partial charge is 0.465 e. The van der Waals surface area contributed by atoms with E-state index in [2.05, 4.69) is 14.9 Å². The average Bonchev–Trinajstić information content (AvgIpc) is 2.90. The molecule has 0 radical (unpaired) electrons. The lowest BCUT2D eigenvalue weighted by Gasteiger charge is -2.01. The van der Waals surface area contributed by atoms with Gasteiger partial charge in [0.1, 0.15) is 11.0 Å². The van der Waals surface area contributed by atoms with Gasteiger partial charge in [-0.05, 0) is 48.9 Å². The van der Waals surface area contributed by atoms with E-state index in [0.29, 0.717) is 11.3 Å². The molecule has 0 unspecified atom stereocenters. The summed E-state index contributed by atoms with van der Waals surface area (Å²) in [7, 11) is 1.35. The molecule has 3 rings (SSSR count). The van der Waals surface area contributed by atoms with E-state index < -0.39 is 0 Å². The second-order valence-corrected chi connectivity index (χ2v) is 4.73. The number of fused-ring (bicyclic) bond motifs is 1. The SMILES string of the molecule is COC(=O)c1ccc(-n2nc3cc(C)c(N)cc3n2)cc1. The van der Waals surface area contributed by atoms with Gasteiger partial charge < -0.3 is 10.5 Å². The molecule has 6 heteroatoms. The molecule has 0 spiro atoms. The molecule has 21 heavy (non-hydrogen) atoms. The Bertz CT molecular complexity index is 783. The number of aryl methyl sites for hydroxylation is 1. The van der Waals surface area contributed by atoms with Crippen molar-refractivity contribution >= 4 is 22.7 Å². The number of nitrogens with two attached hydrogens (primary N) is 1. The van der Waals surface area contributed by atoms with Crippen LogP contribution in [-0.2, 0) is 4.74 Å². The molecule has 0 aliphatic heterocycles. The first kappa shape index (κ1) is 13.1. The van der Waals surface area contributed by atoms with Gasteiger partial charge in [0.25, 0.3) is 0 Å². The molecule has 106 valence electrons. The Morgan fingerprint density at radius 1 is 1.14 bits per heavy atom. The number of carbonyl (C=O) groups excluding carboxylic acids is 1. The molecule has 2 N–H and O–H groups in total. The summed E-state index contributed by atoms with van der Waals surface area (Å²) in [5.74, 6) is -0.372. The molecule has 0 atom stereocenters. The molecule has 3 aromatic rings. The summed E-state index contributed by atoms with van der Waals surface area (Å²) in [5, 5.41) is 8.80. The van der Waals surface area contributed by atoms with Crippen molar-refractivity contribution in [2.75, 3.05) is 12.8 Å². The third-order valence-corrected chi connectivity index (χ3v) is 3.29. The quantitative estimate of drug-likeness (QED) is 0.575. The zero-order valence-corrected chi connectivity index (χ0v) is 11.7. The second kappa shape index (κ2) is 4.90. The van der Waals surface area contributed by atoms with Crippen LogP contribution in [0.5, 0.6) is 0 Å². The van der Waals surface area contributed by atoms with Crippen molar-refractivity contribution in [1.82, 2.24) is 15.0 Å². The van der Waals surface area contributed by atoms with Crippen molar-refractivity contribution in [3.63, 3.8) is 0 Å². The van der Waals surface area contributed by atoms with E-state index in [1.807, 2.05) is 13.0 Å². The number of carbonyl (C=O) groups is 1. The topological polar surface area (TPSA) is 83.0 Å². The number of hydrogen-bond acceptors (Lipinski definition) is 5. The van der Waals surface area contributed by atoms with E-state index in [1.54, 1.807) is 30.3 Å². The fourth-order valence-electron chi connectivity index (χ4n) is 2.05. The maximum absolute atomic E-state index is 11.4. The van der Waals surface area contributed by atoms with Crippen LogP contribution >= 0.6 is 0 Å². The number of ether oxygens (including phenoxy) is 1. The molecule has 0 saturated carbocycles. The maximum Gasteiger partial charge on any atom is 0.337 e. The third-order valence-electron chi connectivity index (χ3n) is 3.29. The summed E-state index contributed by atoms with van der Waals surface area (Å²) < 4.78 is 4.67. The van der Waals surface area contributed by atoms with Gasteiger partial charge in [0.05, 0.1) is 18.4 Å². The van der Waals surface area contributed by atoms with Crippen LogP contribution in [0.4, 0.5) is 5.69 Å². The van der Waals surface area contributed by atoms with Gasteiger partial charge in [0, 0.05) is 5.69 Å². The lowest BCUT2D eigenvalue weighted by Crippen LogP contribution is -2.03. The van der Waals surface area contributed by atoms with Crippen LogP contribution in [0.2, 0.25) is 0 Å². The van der Waals surface area contributed by atoms with Gasteiger partial charge in [0.15, 0.2) is 0 Å². The molecule has 0 aliphatic carbocycles. The number of nitrogen functional groups attached to an aromatic ring is 1. The molecular formula is C15H14N4O2. The molecule has 0 aliphatic rings. The second-order valence-electron chi connectivity index (χ2n) is 4.73. The Kier molecular flexibility index (Phi) is 3.06. The highest BCUT2D eigenvalue weighted by atomic mass is 16.5. The molecular weight excluding hydrogens is 268 g/mol. The Hall–Kier alpha value is -2.89. The number of benzene rings is 2. The highest BCUT2D eigenvalue weighted by molar-refractivity contribution is 5.89. The van der Waals surface area contributed by atoms with Crippen LogP contribution in [0.1, 0.15) is 15.9 Å². The number of methoxy groups -OCH3 is 1. The van der Waals surface area contributed by atoms with Gasteiger partial charge in [0.2, 0.25) is 0 Å². The van der Waals surface area contributed by atoms with Crippen molar-refractivity contribution in [2.24, 2.45) is 0 Å². The zero-order chi connectivity index (χ0) is 15.0. The first-order valence-electron chi connectivity index (χ1n) is 6.40. The fraction of sp³-hybridized carbons (Fsp3) is 0.133. The lowest BCUT2D eigenvalue weighted by molar-refractivity contribution is 0.0600. The van der Waals surface area contributed by atoms with Gasteiger partial charge in [-0.25, -0.2) is 4.79 Å². The minimum atomic E-state index is -0.372. The Labute approximate surface area is 121 Å². The van der Waals surface area contributed by atoms with Crippen molar-refractivity contribution in [1.29, 1.82) is 0 Å². The number of nitrogens with zero attached hydrogens (tertiary/aromatic N) is 3. The van der Waals surface area contributed by atoms with Gasteiger partial charge in [-0.15, -0.1) is 10.2 Å². The maximum atomic E-state index is 11.4. The Balaban J connectivity index is 2.02. The van der Waals surface area contributed by atoms with Crippen LogP contribution in [0.3, 0.4) is 0 Å². The predicted octanol–water partition coefficient (Wildman–Crippen LogP) is 2.10. The van der Waals surface area contributed by atoms with Crippen LogP contribution in [0.25, 0.3) is 16.7 Å². The van der Waals surface area contributed by atoms with Gasteiger partial charge in [-0.1, -0.05) is 0 Å². The van der Waals surface area contributed by atoms with Gasteiger partial charge in [-0.3, -0.25) is 0 Å². The van der Waals surface area contributed by atoms with Crippen LogP contribution in [0.15, 0.2) is 36.4 Å². The van der Waals surface area contributed by atoms with Gasteiger partial charge in [-0.2, -0.15) is 4.80 Å². The van der Waals surface area contributed by atoms with E-state index in [-0.39, 0.29) is 5.97 Å². The molecule has 0 bridgehead atoms. The normalized spacial score (nSPS) is 10.8. The molecule has 2 aromatic carbocycles. The van der Waals surface area contributed by atoms with Crippen LogP contribution < -0.4 is 5.73 Å². The number of esters is 1. The first-order chi connectivity index (χ1) is 10.1. The summed E-state index contributed by atoms with van der Waals surface area (Å²) in [5.41, 5.74) is 10.3. The number of anilines is 1. The minimum absolute atomic E-state index is 0.372. The fourth-order valence-corrected chi connectivity index (χ4v) is 2.05. The first-order valence-corrected chi connectivity index (χ1v) is 6.40. The zero-order valence-electron chi connectivity index (χ0n) is 11.7. The molecule has 0 saturated heterocycles. The van der Waals surface area contributed by atoms with Crippen LogP contribution in [-0.4, -0.2) is 28.1 Å². The summed E-state index contributed by atoms with van der Waals surface area (Å²) >= 11 is 0.